The summed E-state index contributed by atoms with van der Waals surface area (Å²) in [6.45, 7) is 5.31. The second kappa shape index (κ2) is 7.13. The smallest absolute Gasteiger partial charge is 0.186 e. The van der Waals surface area contributed by atoms with Crippen molar-refractivity contribution in [2.75, 3.05) is 20.8 Å². The molecule has 0 aliphatic rings. The predicted octanol–water partition coefficient (Wildman–Crippen LogP) is 2.27. The largest absolute Gasteiger partial charge is 0.493 e. The molecule has 0 radical (unpaired) electrons. The van der Waals surface area contributed by atoms with E-state index in [1.54, 1.807) is 20.3 Å². The summed E-state index contributed by atoms with van der Waals surface area (Å²) >= 11 is 0. The number of hydrogen-bond donors (Lipinski definition) is 1. The van der Waals surface area contributed by atoms with Crippen molar-refractivity contribution in [3.8, 4) is 17.2 Å². The Kier molecular flexibility index (Phi) is 5.22. The first-order valence-corrected chi connectivity index (χ1v) is 7.26. The van der Waals surface area contributed by atoms with Crippen molar-refractivity contribution in [3.63, 3.8) is 0 Å². The van der Waals surface area contributed by atoms with Crippen molar-refractivity contribution >= 4 is 0 Å². The van der Waals surface area contributed by atoms with E-state index >= 15 is 0 Å². The summed E-state index contributed by atoms with van der Waals surface area (Å²) in [5, 5.41) is 3.19. The van der Waals surface area contributed by atoms with E-state index in [-0.39, 0.29) is 5.43 Å². The first kappa shape index (κ1) is 16.1. The molecule has 5 nitrogen and oxygen atoms in total. The Labute approximate surface area is 130 Å². The van der Waals surface area contributed by atoms with Crippen LogP contribution < -0.4 is 20.2 Å². The molecule has 0 saturated heterocycles. The van der Waals surface area contributed by atoms with Crippen molar-refractivity contribution < 1.29 is 9.47 Å². The molecule has 5 heteroatoms. The average molecular weight is 302 g/mol. The van der Waals surface area contributed by atoms with Crippen molar-refractivity contribution in [2.24, 2.45) is 0 Å². The molecule has 0 spiro atoms. The number of nitrogens with zero attached hydrogens (tertiary/aromatic N) is 1. The zero-order valence-corrected chi connectivity index (χ0v) is 13.5. The Morgan fingerprint density at radius 1 is 1.14 bits per heavy atom. The maximum atomic E-state index is 12.1. The highest BCUT2D eigenvalue weighted by Crippen LogP contribution is 2.29. The quantitative estimate of drug-likeness (QED) is 0.889. The molecule has 1 N–H and O–H groups in total. The summed E-state index contributed by atoms with van der Waals surface area (Å²) < 4.78 is 12.6. The number of pyridine rings is 1. The van der Waals surface area contributed by atoms with Crippen LogP contribution in [-0.4, -0.2) is 25.3 Å². The first-order chi connectivity index (χ1) is 10.6. The molecule has 118 valence electrons. The van der Waals surface area contributed by atoms with Crippen LogP contribution in [0.4, 0.5) is 0 Å². The molecule has 0 saturated carbocycles. The van der Waals surface area contributed by atoms with Crippen LogP contribution in [0, 0.1) is 6.92 Å². The number of nitrogens with one attached hydrogen (secondary N) is 1. The molecule has 0 amide bonds. The van der Waals surface area contributed by atoms with Crippen molar-refractivity contribution in [1.82, 2.24) is 9.88 Å². The number of rotatable bonds is 6. The molecule has 1 heterocycles. The minimum Gasteiger partial charge on any atom is -0.493 e. The van der Waals surface area contributed by atoms with E-state index < -0.39 is 0 Å². The van der Waals surface area contributed by atoms with Crippen LogP contribution in [0.2, 0.25) is 0 Å². The van der Waals surface area contributed by atoms with E-state index in [2.05, 4.69) is 5.32 Å². The Hall–Kier alpha value is -2.27. The SMILES string of the molecule is CCNCc1cn(-c2ccc(OC)c(OC)c2)c(C)cc1=O. The highest BCUT2D eigenvalue weighted by Gasteiger charge is 2.09. The Morgan fingerprint density at radius 2 is 1.86 bits per heavy atom. The molecule has 0 atom stereocenters. The van der Waals surface area contributed by atoms with Crippen LogP contribution in [0.3, 0.4) is 0 Å². The number of aryl methyl sites for hydroxylation is 1. The van der Waals surface area contributed by atoms with E-state index in [9.17, 15) is 4.79 Å². The van der Waals surface area contributed by atoms with Gasteiger partial charge in [-0.05, 0) is 25.6 Å². The Morgan fingerprint density at radius 3 is 2.50 bits per heavy atom. The van der Waals surface area contributed by atoms with Crippen LogP contribution in [0.1, 0.15) is 18.2 Å². The maximum Gasteiger partial charge on any atom is 0.186 e. The Bertz CT molecular complexity index is 708. The molecular weight excluding hydrogens is 280 g/mol. The van der Waals surface area contributed by atoms with Gasteiger partial charge in [0, 0.05) is 41.8 Å². The summed E-state index contributed by atoms with van der Waals surface area (Å²) in [5.74, 6) is 1.34. The van der Waals surface area contributed by atoms with Crippen LogP contribution in [-0.2, 0) is 6.54 Å². The highest BCUT2D eigenvalue weighted by atomic mass is 16.5. The van der Waals surface area contributed by atoms with E-state index in [0.29, 0.717) is 18.0 Å². The second-order valence-electron chi connectivity index (χ2n) is 4.99. The van der Waals surface area contributed by atoms with Crippen LogP contribution >= 0.6 is 0 Å². The fraction of sp³-hybridized carbons (Fsp3) is 0.353. The number of ether oxygens (including phenoxy) is 2. The molecule has 0 unspecified atom stereocenters. The van der Waals surface area contributed by atoms with Crippen LogP contribution in [0.5, 0.6) is 11.5 Å². The highest BCUT2D eigenvalue weighted by molar-refractivity contribution is 5.49. The molecule has 0 fully saturated rings. The topological polar surface area (TPSA) is 52.5 Å². The summed E-state index contributed by atoms with van der Waals surface area (Å²) in [6, 6.07) is 7.35. The van der Waals surface area contributed by atoms with Crippen LogP contribution in [0.15, 0.2) is 35.3 Å². The molecule has 1 aromatic carbocycles. The lowest BCUT2D eigenvalue weighted by atomic mass is 10.2. The van der Waals surface area contributed by atoms with Crippen molar-refractivity contribution in [1.29, 1.82) is 0 Å². The molecule has 2 aromatic rings. The van der Waals surface area contributed by atoms with Gasteiger partial charge in [0.05, 0.1) is 14.2 Å². The fourth-order valence-electron chi connectivity index (χ4n) is 2.32. The lowest BCUT2D eigenvalue weighted by Gasteiger charge is -2.15. The van der Waals surface area contributed by atoms with Gasteiger partial charge in [-0.25, -0.2) is 0 Å². The van der Waals surface area contributed by atoms with Gasteiger partial charge in [0.2, 0.25) is 0 Å². The zero-order chi connectivity index (χ0) is 16.1. The van der Waals surface area contributed by atoms with Crippen molar-refractivity contribution in [2.45, 2.75) is 20.4 Å². The zero-order valence-electron chi connectivity index (χ0n) is 13.5. The van der Waals surface area contributed by atoms with Gasteiger partial charge >= 0.3 is 0 Å². The molecular formula is C17H22N2O3. The van der Waals surface area contributed by atoms with E-state index in [4.69, 9.17) is 9.47 Å². The fourth-order valence-corrected chi connectivity index (χ4v) is 2.32. The van der Waals surface area contributed by atoms with Gasteiger partial charge in [0.25, 0.3) is 0 Å². The monoisotopic (exact) mass is 302 g/mol. The van der Waals surface area contributed by atoms with Gasteiger partial charge in [-0.1, -0.05) is 6.92 Å². The summed E-state index contributed by atoms with van der Waals surface area (Å²) in [7, 11) is 3.22. The minimum atomic E-state index is 0.0511. The third-order valence-corrected chi connectivity index (χ3v) is 3.53. The number of hydrogen-bond acceptors (Lipinski definition) is 4. The normalized spacial score (nSPS) is 10.5. The molecule has 22 heavy (non-hydrogen) atoms. The van der Waals surface area contributed by atoms with E-state index in [0.717, 1.165) is 23.5 Å². The molecule has 0 bridgehead atoms. The van der Waals surface area contributed by atoms with Gasteiger partial charge < -0.3 is 19.4 Å². The van der Waals surface area contributed by atoms with Crippen molar-refractivity contribution in [3.05, 3.63) is 51.9 Å². The molecule has 0 aliphatic carbocycles. The minimum absolute atomic E-state index is 0.0511. The lowest BCUT2D eigenvalue weighted by Crippen LogP contribution is -2.21. The molecule has 0 aliphatic heterocycles. The summed E-state index contributed by atoms with van der Waals surface area (Å²) in [4.78, 5) is 12.1. The van der Waals surface area contributed by atoms with Gasteiger partial charge in [0.15, 0.2) is 16.9 Å². The number of benzene rings is 1. The van der Waals surface area contributed by atoms with Crippen LogP contribution in [0.25, 0.3) is 5.69 Å². The van der Waals surface area contributed by atoms with E-state index in [1.807, 2.05) is 42.8 Å². The standard InChI is InChI=1S/C17H22N2O3/c1-5-18-10-13-11-19(12(2)8-15(13)20)14-6-7-16(21-3)17(9-14)22-4/h6-9,11,18H,5,10H2,1-4H3. The van der Waals surface area contributed by atoms with Gasteiger partial charge in [-0.3, -0.25) is 4.79 Å². The predicted molar refractivity (Wildman–Crippen MR) is 87.3 cm³/mol. The van der Waals surface area contributed by atoms with Gasteiger partial charge in [-0.2, -0.15) is 0 Å². The lowest BCUT2D eigenvalue weighted by molar-refractivity contribution is 0.355. The second-order valence-corrected chi connectivity index (χ2v) is 4.99. The molecule has 1 aromatic heterocycles. The Balaban J connectivity index is 2.49. The molecule has 2 rings (SSSR count). The first-order valence-electron chi connectivity index (χ1n) is 7.26. The van der Waals surface area contributed by atoms with Gasteiger partial charge in [-0.15, -0.1) is 0 Å². The third-order valence-electron chi connectivity index (χ3n) is 3.53. The number of methoxy groups -OCH3 is 2. The number of aromatic nitrogens is 1. The maximum absolute atomic E-state index is 12.1. The third kappa shape index (κ3) is 3.31. The van der Waals surface area contributed by atoms with Gasteiger partial charge in [0.1, 0.15) is 0 Å². The van der Waals surface area contributed by atoms with E-state index in [1.165, 1.54) is 0 Å². The summed E-state index contributed by atoms with van der Waals surface area (Å²) in [6.07, 6.45) is 1.88. The summed E-state index contributed by atoms with van der Waals surface area (Å²) in [5.41, 5.74) is 2.59. The average Bonchev–Trinajstić information content (AvgIpc) is 2.53.